The van der Waals surface area contributed by atoms with Crippen molar-refractivity contribution < 1.29 is 4.74 Å². The fraction of sp³-hybridized carbons (Fsp3) is 0.700. The van der Waals surface area contributed by atoms with Crippen LogP contribution in [0.25, 0.3) is 0 Å². The SMILES string of the molecule is COC1CCC(NCc2cncs2)C1. The highest BCUT2D eigenvalue weighted by atomic mass is 32.1. The zero-order valence-electron chi connectivity index (χ0n) is 8.40. The fourth-order valence-corrected chi connectivity index (χ4v) is 2.46. The average Bonchev–Trinajstić information content (AvgIpc) is 2.86. The van der Waals surface area contributed by atoms with E-state index in [9.17, 15) is 0 Å². The van der Waals surface area contributed by atoms with Gasteiger partial charge in [-0.2, -0.15) is 0 Å². The second-order valence-electron chi connectivity index (χ2n) is 3.72. The number of rotatable bonds is 4. The maximum absolute atomic E-state index is 5.33. The molecule has 3 nitrogen and oxygen atoms in total. The van der Waals surface area contributed by atoms with Gasteiger partial charge in [0, 0.05) is 30.8 Å². The monoisotopic (exact) mass is 212 g/mol. The van der Waals surface area contributed by atoms with E-state index in [-0.39, 0.29) is 0 Å². The summed E-state index contributed by atoms with van der Waals surface area (Å²) in [4.78, 5) is 5.36. The van der Waals surface area contributed by atoms with Crippen LogP contribution < -0.4 is 5.32 Å². The van der Waals surface area contributed by atoms with Gasteiger partial charge >= 0.3 is 0 Å². The minimum Gasteiger partial charge on any atom is -0.381 e. The molecule has 0 bridgehead atoms. The molecule has 1 fully saturated rings. The molecule has 0 amide bonds. The normalized spacial score (nSPS) is 26.9. The molecule has 78 valence electrons. The Labute approximate surface area is 88.5 Å². The van der Waals surface area contributed by atoms with Crippen LogP contribution in [0.2, 0.25) is 0 Å². The number of aromatic nitrogens is 1. The molecule has 0 spiro atoms. The molecule has 1 saturated carbocycles. The molecule has 1 aromatic rings. The van der Waals surface area contributed by atoms with Gasteiger partial charge in [0.15, 0.2) is 0 Å². The highest BCUT2D eigenvalue weighted by Gasteiger charge is 2.23. The Morgan fingerprint density at radius 1 is 1.64 bits per heavy atom. The second-order valence-corrected chi connectivity index (χ2v) is 4.69. The van der Waals surface area contributed by atoms with Crippen molar-refractivity contribution in [2.24, 2.45) is 0 Å². The predicted molar refractivity (Wildman–Crippen MR) is 57.4 cm³/mol. The second kappa shape index (κ2) is 4.87. The van der Waals surface area contributed by atoms with E-state index in [2.05, 4.69) is 10.3 Å². The molecule has 0 radical (unpaired) electrons. The summed E-state index contributed by atoms with van der Waals surface area (Å²) in [5, 5.41) is 3.54. The molecule has 1 aliphatic rings. The predicted octanol–water partition coefficient (Wildman–Crippen LogP) is 1.80. The summed E-state index contributed by atoms with van der Waals surface area (Å²) in [6.45, 7) is 0.950. The van der Waals surface area contributed by atoms with Gasteiger partial charge in [-0.1, -0.05) is 0 Å². The van der Waals surface area contributed by atoms with Crippen LogP contribution in [-0.4, -0.2) is 24.2 Å². The summed E-state index contributed by atoms with van der Waals surface area (Å²) in [6, 6.07) is 0.627. The van der Waals surface area contributed by atoms with Crippen LogP contribution >= 0.6 is 11.3 Å². The van der Waals surface area contributed by atoms with Crippen LogP contribution in [0.5, 0.6) is 0 Å². The van der Waals surface area contributed by atoms with Crippen LogP contribution in [0.15, 0.2) is 11.7 Å². The first-order chi connectivity index (χ1) is 6.88. The first-order valence-corrected chi connectivity index (χ1v) is 5.90. The maximum atomic E-state index is 5.33. The number of nitrogens with one attached hydrogen (secondary N) is 1. The van der Waals surface area contributed by atoms with Gasteiger partial charge in [-0.3, -0.25) is 4.98 Å². The zero-order valence-corrected chi connectivity index (χ0v) is 9.22. The summed E-state index contributed by atoms with van der Waals surface area (Å²) >= 11 is 1.71. The Hall–Kier alpha value is -0.450. The van der Waals surface area contributed by atoms with Crippen LogP contribution in [0.1, 0.15) is 24.1 Å². The van der Waals surface area contributed by atoms with Gasteiger partial charge in [0.05, 0.1) is 11.6 Å². The molecule has 4 heteroatoms. The Morgan fingerprint density at radius 3 is 3.21 bits per heavy atom. The molecule has 0 saturated heterocycles. The summed E-state index contributed by atoms with van der Waals surface area (Å²) in [5.41, 5.74) is 1.88. The van der Waals surface area contributed by atoms with E-state index < -0.39 is 0 Å². The molecule has 14 heavy (non-hydrogen) atoms. The van der Waals surface area contributed by atoms with Gasteiger partial charge in [-0.15, -0.1) is 11.3 Å². The van der Waals surface area contributed by atoms with Crippen LogP contribution in [0.4, 0.5) is 0 Å². The van der Waals surface area contributed by atoms with Crippen molar-refractivity contribution in [3.63, 3.8) is 0 Å². The van der Waals surface area contributed by atoms with Crippen molar-refractivity contribution in [1.82, 2.24) is 10.3 Å². The topological polar surface area (TPSA) is 34.1 Å². The van der Waals surface area contributed by atoms with E-state index in [4.69, 9.17) is 4.74 Å². The number of methoxy groups -OCH3 is 1. The Morgan fingerprint density at radius 2 is 2.57 bits per heavy atom. The van der Waals surface area contributed by atoms with Gasteiger partial charge in [0.1, 0.15) is 0 Å². The average molecular weight is 212 g/mol. The summed E-state index contributed by atoms with van der Waals surface area (Å²) in [5.74, 6) is 0. The highest BCUT2D eigenvalue weighted by molar-refractivity contribution is 7.09. The van der Waals surface area contributed by atoms with E-state index >= 15 is 0 Å². The van der Waals surface area contributed by atoms with Crippen molar-refractivity contribution in [2.75, 3.05) is 7.11 Å². The first kappa shape index (κ1) is 10.1. The summed E-state index contributed by atoms with van der Waals surface area (Å²) in [7, 11) is 1.80. The van der Waals surface area contributed by atoms with Crippen LogP contribution in [-0.2, 0) is 11.3 Å². The third-order valence-corrected chi connectivity index (χ3v) is 3.55. The number of thiazole rings is 1. The summed E-state index contributed by atoms with van der Waals surface area (Å²) < 4.78 is 5.33. The fourth-order valence-electron chi connectivity index (χ4n) is 1.91. The molecular formula is C10H16N2OS. The molecule has 2 unspecified atom stereocenters. The van der Waals surface area contributed by atoms with Crippen molar-refractivity contribution >= 4 is 11.3 Å². The lowest BCUT2D eigenvalue weighted by molar-refractivity contribution is 0.107. The summed E-state index contributed by atoms with van der Waals surface area (Å²) in [6.07, 6.45) is 5.97. The van der Waals surface area contributed by atoms with Crippen molar-refractivity contribution in [3.8, 4) is 0 Å². The van der Waals surface area contributed by atoms with Crippen molar-refractivity contribution in [2.45, 2.75) is 38.0 Å². The third-order valence-electron chi connectivity index (χ3n) is 2.77. The lowest BCUT2D eigenvalue weighted by Gasteiger charge is -2.11. The largest absolute Gasteiger partial charge is 0.381 e. The molecule has 2 atom stereocenters. The van der Waals surface area contributed by atoms with Gasteiger partial charge in [-0.25, -0.2) is 0 Å². The van der Waals surface area contributed by atoms with Gasteiger partial charge in [-0.05, 0) is 19.3 Å². The third kappa shape index (κ3) is 2.53. The molecule has 0 aromatic carbocycles. The van der Waals surface area contributed by atoms with Crippen LogP contribution in [0, 0.1) is 0 Å². The van der Waals surface area contributed by atoms with Gasteiger partial charge < -0.3 is 10.1 Å². The van der Waals surface area contributed by atoms with E-state index in [1.165, 1.54) is 17.7 Å². The van der Waals surface area contributed by atoms with Gasteiger partial charge in [0.2, 0.25) is 0 Å². The van der Waals surface area contributed by atoms with E-state index in [1.807, 2.05) is 11.7 Å². The molecule has 1 aliphatic carbocycles. The highest BCUT2D eigenvalue weighted by Crippen LogP contribution is 2.21. The minimum absolute atomic E-state index is 0.467. The number of hydrogen-bond acceptors (Lipinski definition) is 4. The lowest BCUT2D eigenvalue weighted by Crippen LogP contribution is -2.26. The maximum Gasteiger partial charge on any atom is 0.0794 e. The lowest BCUT2D eigenvalue weighted by atomic mass is 10.2. The Balaban J connectivity index is 1.72. The molecule has 1 heterocycles. The zero-order chi connectivity index (χ0) is 9.80. The van der Waals surface area contributed by atoms with Crippen molar-refractivity contribution in [3.05, 3.63) is 16.6 Å². The minimum atomic E-state index is 0.467. The molecule has 1 aromatic heterocycles. The van der Waals surface area contributed by atoms with Crippen molar-refractivity contribution in [1.29, 1.82) is 0 Å². The number of nitrogens with zero attached hydrogens (tertiary/aromatic N) is 1. The molecule has 1 N–H and O–H groups in total. The molecule has 2 rings (SSSR count). The quantitative estimate of drug-likeness (QED) is 0.826. The van der Waals surface area contributed by atoms with Crippen LogP contribution in [0.3, 0.4) is 0 Å². The standard InChI is InChI=1S/C10H16N2OS/c1-13-9-3-2-8(4-9)12-6-10-5-11-7-14-10/h5,7-9,12H,2-4,6H2,1H3. The van der Waals surface area contributed by atoms with E-state index in [0.717, 1.165) is 13.0 Å². The van der Waals surface area contributed by atoms with Gasteiger partial charge in [0.25, 0.3) is 0 Å². The van der Waals surface area contributed by atoms with E-state index in [0.29, 0.717) is 12.1 Å². The number of hydrogen-bond donors (Lipinski definition) is 1. The smallest absolute Gasteiger partial charge is 0.0794 e. The molecular weight excluding hydrogens is 196 g/mol. The Bertz CT molecular complexity index is 263. The number of ether oxygens (including phenoxy) is 1. The molecule has 0 aliphatic heterocycles. The first-order valence-electron chi connectivity index (χ1n) is 5.02. The Kier molecular flexibility index (Phi) is 3.50. The van der Waals surface area contributed by atoms with E-state index in [1.54, 1.807) is 18.4 Å².